The molecule has 0 saturated carbocycles. The van der Waals surface area contributed by atoms with Crippen molar-refractivity contribution >= 4 is 29.0 Å². The highest BCUT2D eigenvalue weighted by Crippen LogP contribution is 2.33. The monoisotopic (exact) mass is 499 g/mol. The number of hydrogen-bond acceptors (Lipinski definition) is 9. The van der Waals surface area contributed by atoms with E-state index < -0.39 is 17.4 Å². The highest BCUT2D eigenvalue weighted by atomic mass is 19.1. The Balaban J connectivity index is 1.45. The quantitative estimate of drug-likeness (QED) is 0.429. The van der Waals surface area contributed by atoms with E-state index in [1.165, 1.54) is 13.1 Å². The van der Waals surface area contributed by atoms with Crippen molar-refractivity contribution in [1.29, 1.82) is 0 Å². The predicted octanol–water partition coefficient (Wildman–Crippen LogP) is 3.16. The van der Waals surface area contributed by atoms with E-state index in [1.54, 1.807) is 23.4 Å². The molecule has 10 nitrogen and oxygen atoms in total. The van der Waals surface area contributed by atoms with E-state index in [0.717, 1.165) is 11.9 Å². The first-order chi connectivity index (χ1) is 17.3. The van der Waals surface area contributed by atoms with Crippen molar-refractivity contribution in [3.8, 4) is 0 Å². The maximum Gasteiger partial charge on any atom is 0.262 e. The molecule has 0 atom stereocenters. The van der Waals surface area contributed by atoms with Crippen LogP contribution in [0.3, 0.4) is 0 Å². The molecule has 0 spiro atoms. The van der Waals surface area contributed by atoms with Gasteiger partial charge in [-0.15, -0.1) is 5.17 Å². The topological polar surface area (TPSA) is 107 Å². The van der Waals surface area contributed by atoms with Gasteiger partial charge < -0.3 is 9.64 Å². The molecule has 190 valence electrons. The maximum atomic E-state index is 15.2. The van der Waals surface area contributed by atoms with Crippen molar-refractivity contribution in [2.45, 2.75) is 18.5 Å². The van der Waals surface area contributed by atoms with Crippen LogP contribution in [0.4, 0.5) is 31.9 Å². The number of ether oxygens (including phenoxy) is 1. The molecule has 4 rings (SSSR count). The zero-order valence-electron chi connectivity index (χ0n) is 19.7. The number of nitrogens with one attached hydrogen (secondary N) is 1. The summed E-state index contributed by atoms with van der Waals surface area (Å²) in [6.45, 7) is 0.168. The van der Waals surface area contributed by atoms with Gasteiger partial charge in [0.2, 0.25) is 0 Å². The summed E-state index contributed by atoms with van der Waals surface area (Å²) in [5, 5.41) is 9.50. The lowest BCUT2D eigenvalue weighted by Crippen LogP contribution is -2.45. The van der Waals surface area contributed by atoms with Crippen molar-refractivity contribution in [1.82, 2.24) is 25.5 Å². The lowest BCUT2D eigenvalue weighted by Gasteiger charge is -2.37. The van der Waals surface area contributed by atoms with Gasteiger partial charge in [-0.2, -0.15) is 0 Å². The Bertz CT molecular complexity index is 1140. The van der Waals surface area contributed by atoms with Crippen LogP contribution in [0.5, 0.6) is 0 Å². The summed E-state index contributed by atoms with van der Waals surface area (Å²) < 4.78 is 34.0. The number of hydrazine groups is 1. The highest BCUT2D eigenvalue weighted by molar-refractivity contribution is 5.76. The summed E-state index contributed by atoms with van der Waals surface area (Å²) in [4.78, 5) is 28.5. The van der Waals surface area contributed by atoms with E-state index in [9.17, 15) is 9.18 Å². The number of rotatable bonds is 9. The first-order valence-corrected chi connectivity index (χ1v) is 11.4. The number of hydroxylamine groups is 1. The van der Waals surface area contributed by atoms with Crippen molar-refractivity contribution in [2.24, 2.45) is 0 Å². The van der Waals surface area contributed by atoms with Gasteiger partial charge in [-0.05, 0) is 24.3 Å². The minimum absolute atomic E-state index is 0.183. The predicted molar refractivity (Wildman–Crippen MR) is 128 cm³/mol. The fraction of sp³-hybridized carbons (Fsp3) is 0.333. The van der Waals surface area contributed by atoms with Gasteiger partial charge in [0, 0.05) is 38.7 Å². The Hall–Kier alpha value is -3.74. The fourth-order valence-electron chi connectivity index (χ4n) is 3.89. The summed E-state index contributed by atoms with van der Waals surface area (Å²) in [5.74, 6) is 0.512. The van der Waals surface area contributed by atoms with Gasteiger partial charge >= 0.3 is 0 Å². The zero-order valence-corrected chi connectivity index (χ0v) is 19.7. The second-order valence-electron chi connectivity index (χ2n) is 8.43. The van der Waals surface area contributed by atoms with E-state index in [-0.39, 0.29) is 26.1 Å². The minimum Gasteiger partial charge on any atom is -0.368 e. The number of pyridine rings is 1. The zero-order chi connectivity index (χ0) is 25.5. The number of halogens is 2. The number of para-hydroxylation sites is 1. The van der Waals surface area contributed by atoms with Crippen molar-refractivity contribution < 1.29 is 23.5 Å². The molecule has 1 aliphatic rings. The Morgan fingerprint density at radius 1 is 1.14 bits per heavy atom. The standard InChI is InChI=1S/C24H27F2N7O3/c1-31(35)30-23(34)16-36-17-24(26)9-11-32(12-10-24)21-14-27-15-22(29-21)33(19-5-3-2-4-6-19)20-8-7-18(25)13-28-20/h2-8,13-15,35H,9-12,16-17H2,1H3,(H,30,34). The van der Waals surface area contributed by atoms with E-state index in [4.69, 9.17) is 14.9 Å². The Labute approximate surface area is 207 Å². The average Bonchev–Trinajstić information content (AvgIpc) is 2.86. The molecule has 1 amide bonds. The summed E-state index contributed by atoms with van der Waals surface area (Å²) in [7, 11) is 1.25. The molecule has 2 aromatic heterocycles. The molecular formula is C24H27F2N7O3. The number of carbonyl (C=O) groups excluding carboxylic acids is 1. The van der Waals surface area contributed by atoms with Gasteiger partial charge in [-0.1, -0.05) is 18.2 Å². The van der Waals surface area contributed by atoms with Gasteiger partial charge in [-0.3, -0.25) is 25.3 Å². The number of hydrogen-bond donors (Lipinski definition) is 2. The number of piperidine rings is 1. The molecule has 1 saturated heterocycles. The lowest BCUT2D eigenvalue weighted by molar-refractivity contribution is -0.156. The summed E-state index contributed by atoms with van der Waals surface area (Å²) in [6.07, 6.45) is 4.71. The molecule has 0 bridgehead atoms. The first kappa shape index (κ1) is 25.4. The second-order valence-corrected chi connectivity index (χ2v) is 8.43. The van der Waals surface area contributed by atoms with Crippen LogP contribution in [-0.4, -0.2) is 70.3 Å². The van der Waals surface area contributed by atoms with Crippen LogP contribution in [-0.2, 0) is 9.53 Å². The van der Waals surface area contributed by atoms with Crippen LogP contribution >= 0.6 is 0 Å². The van der Waals surface area contributed by atoms with Gasteiger partial charge in [-0.25, -0.2) is 18.7 Å². The molecule has 2 N–H and O–H groups in total. The van der Waals surface area contributed by atoms with E-state index in [1.807, 2.05) is 35.2 Å². The summed E-state index contributed by atoms with van der Waals surface area (Å²) in [5.41, 5.74) is 1.31. The molecule has 3 heterocycles. The second kappa shape index (κ2) is 11.3. The summed E-state index contributed by atoms with van der Waals surface area (Å²) >= 11 is 0. The lowest BCUT2D eigenvalue weighted by atomic mass is 9.94. The molecule has 36 heavy (non-hydrogen) atoms. The molecule has 12 heteroatoms. The number of anilines is 4. The van der Waals surface area contributed by atoms with Crippen LogP contribution < -0.4 is 15.2 Å². The van der Waals surface area contributed by atoms with Crippen LogP contribution in [0.25, 0.3) is 0 Å². The van der Waals surface area contributed by atoms with Crippen LogP contribution in [0.2, 0.25) is 0 Å². The number of amides is 1. The number of carbonyl (C=O) groups is 1. The Morgan fingerprint density at radius 2 is 1.89 bits per heavy atom. The third kappa shape index (κ3) is 6.47. The molecule has 3 aromatic rings. The van der Waals surface area contributed by atoms with Gasteiger partial charge in [0.25, 0.3) is 5.91 Å². The third-order valence-electron chi connectivity index (χ3n) is 5.66. The van der Waals surface area contributed by atoms with Gasteiger partial charge in [0.1, 0.15) is 29.7 Å². The van der Waals surface area contributed by atoms with Crippen molar-refractivity contribution in [2.75, 3.05) is 43.2 Å². The third-order valence-corrected chi connectivity index (χ3v) is 5.66. The minimum atomic E-state index is -1.58. The Morgan fingerprint density at radius 3 is 2.56 bits per heavy atom. The molecule has 0 radical (unpaired) electrons. The highest BCUT2D eigenvalue weighted by Gasteiger charge is 2.35. The normalized spacial score (nSPS) is 15.1. The SMILES string of the molecule is CN(O)NC(=O)COCC1(F)CCN(c2cncc(N(c3ccccc3)c3ccc(F)cn3)n2)CC1. The Kier molecular flexibility index (Phi) is 7.98. The van der Waals surface area contributed by atoms with Gasteiger partial charge in [0.05, 0.1) is 25.2 Å². The smallest absolute Gasteiger partial charge is 0.262 e. The van der Waals surface area contributed by atoms with Gasteiger partial charge in [0.15, 0.2) is 5.82 Å². The van der Waals surface area contributed by atoms with E-state index in [0.29, 0.717) is 35.7 Å². The molecule has 0 aliphatic carbocycles. The van der Waals surface area contributed by atoms with Crippen LogP contribution in [0.1, 0.15) is 12.8 Å². The molecule has 0 unspecified atom stereocenters. The van der Waals surface area contributed by atoms with Crippen molar-refractivity contribution in [3.05, 3.63) is 66.9 Å². The van der Waals surface area contributed by atoms with Crippen LogP contribution in [0, 0.1) is 5.82 Å². The maximum absolute atomic E-state index is 15.2. The summed E-state index contributed by atoms with van der Waals surface area (Å²) in [6, 6.07) is 12.3. The fourth-order valence-corrected chi connectivity index (χ4v) is 3.89. The molecule has 1 aromatic carbocycles. The van der Waals surface area contributed by atoms with E-state index in [2.05, 4.69) is 15.4 Å². The van der Waals surface area contributed by atoms with E-state index >= 15 is 4.39 Å². The number of benzene rings is 1. The number of aromatic nitrogens is 3. The number of nitrogens with zero attached hydrogens (tertiary/aromatic N) is 6. The van der Waals surface area contributed by atoms with Crippen LogP contribution in [0.15, 0.2) is 61.1 Å². The van der Waals surface area contributed by atoms with Crippen molar-refractivity contribution in [3.63, 3.8) is 0 Å². The molecular weight excluding hydrogens is 472 g/mol. The molecule has 1 fully saturated rings. The molecule has 1 aliphatic heterocycles. The number of alkyl halides is 1. The average molecular weight is 500 g/mol. The largest absolute Gasteiger partial charge is 0.368 e. The first-order valence-electron chi connectivity index (χ1n) is 11.4.